The van der Waals surface area contributed by atoms with Gasteiger partial charge in [0.25, 0.3) is 0 Å². The molecule has 1 aromatic heterocycles. The minimum absolute atomic E-state index is 0.234. The predicted octanol–water partition coefficient (Wildman–Crippen LogP) is 3.36. The minimum atomic E-state index is -0.234. The second-order valence-corrected chi connectivity index (χ2v) is 6.23. The SMILES string of the molecule is CCCNC(=O)Nc1nnc(SCc2ccccc2)s1. The molecule has 0 saturated carbocycles. The topological polar surface area (TPSA) is 66.9 Å². The number of hydrogen-bond acceptors (Lipinski definition) is 5. The van der Waals surface area contributed by atoms with Gasteiger partial charge in [-0.15, -0.1) is 10.2 Å². The molecule has 106 valence electrons. The summed E-state index contributed by atoms with van der Waals surface area (Å²) in [4.78, 5) is 11.5. The van der Waals surface area contributed by atoms with Gasteiger partial charge in [0.05, 0.1) is 0 Å². The van der Waals surface area contributed by atoms with Crippen LogP contribution in [-0.2, 0) is 5.75 Å². The molecule has 0 aliphatic heterocycles. The van der Waals surface area contributed by atoms with Crippen LogP contribution in [0.25, 0.3) is 0 Å². The molecule has 7 heteroatoms. The molecule has 20 heavy (non-hydrogen) atoms. The molecule has 0 fully saturated rings. The molecule has 2 aromatic rings. The van der Waals surface area contributed by atoms with Crippen LogP contribution >= 0.6 is 23.1 Å². The van der Waals surface area contributed by atoms with E-state index in [-0.39, 0.29) is 6.03 Å². The molecule has 0 spiro atoms. The lowest BCUT2D eigenvalue weighted by atomic mass is 10.2. The van der Waals surface area contributed by atoms with E-state index in [4.69, 9.17) is 0 Å². The van der Waals surface area contributed by atoms with Gasteiger partial charge in [-0.3, -0.25) is 5.32 Å². The number of thioether (sulfide) groups is 1. The Morgan fingerprint density at radius 2 is 2.10 bits per heavy atom. The normalized spacial score (nSPS) is 10.2. The molecule has 0 bridgehead atoms. The number of benzene rings is 1. The average molecular weight is 308 g/mol. The second-order valence-electron chi connectivity index (χ2n) is 4.03. The van der Waals surface area contributed by atoms with Gasteiger partial charge in [0.1, 0.15) is 0 Å². The lowest BCUT2D eigenvalue weighted by Crippen LogP contribution is -2.29. The maximum Gasteiger partial charge on any atom is 0.321 e. The van der Waals surface area contributed by atoms with Gasteiger partial charge >= 0.3 is 6.03 Å². The largest absolute Gasteiger partial charge is 0.338 e. The molecule has 1 heterocycles. The number of urea groups is 1. The van der Waals surface area contributed by atoms with E-state index in [2.05, 4.69) is 33.0 Å². The van der Waals surface area contributed by atoms with Gasteiger partial charge in [-0.2, -0.15) is 0 Å². The molecular weight excluding hydrogens is 292 g/mol. The van der Waals surface area contributed by atoms with Crippen LogP contribution in [0.15, 0.2) is 34.7 Å². The first-order chi connectivity index (χ1) is 9.78. The van der Waals surface area contributed by atoms with Gasteiger partial charge in [0.2, 0.25) is 5.13 Å². The fraction of sp³-hybridized carbons (Fsp3) is 0.308. The van der Waals surface area contributed by atoms with Crippen molar-refractivity contribution in [3.05, 3.63) is 35.9 Å². The van der Waals surface area contributed by atoms with Crippen molar-refractivity contribution in [1.29, 1.82) is 0 Å². The predicted molar refractivity (Wildman–Crippen MR) is 83.2 cm³/mol. The molecule has 2 N–H and O–H groups in total. The number of nitrogens with zero attached hydrogens (tertiary/aromatic N) is 2. The van der Waals surface area contributed by atoms with Crippen molar-refractivity contribution in [2.75, 3.05) is 11.9 Å². The Hall–Kier alpha value is -1.60. The van der Waals surface area contributed by atoms with Crippen molar-refractivity contribution in [1.82, 2.24) is 15.5 Å². The van der Waals surface area contributed by atoms with E-state index in [0.717, 1.165) is 16.5 Å². The zero-order valence-electron chi connectivity index (χ0n) is 11.1. The molecule has 2 amide bonds. The van der Waals surface area contributed by atoms with Crippen LogP contribution in [0.2, 0.25) is 0 Å². The Labute approximate surface area is 126 Å². The van der Waals surface area contributed by atoms with Gasteiger partial charge in [-0.25, -0.2) is 4.79 Å². The Kier molecular flexibility index (Phi) is 5.82. The average Bonchev–Trinajstić information content (AvgIpc) is 2.91. The fourth-order valence-electron chi connectivity index (χ4n) is 1.42. The summed E-state index contributed by atoms with van der Waals surface area (Å²) >= 11 is 3.00. The highest BCUT2D eigenvalue weighted by Crippen LogP contribution is 2.28. The van der Waals surface area contributed by atoms with Crippen molar-refractivity contribution in [2.24, 2.45) is 0 Å². The van der Waals surface area contributed by atoms with Crippen LogP contribution in [0.4, 0.5) is 9.93 Å². The zero-order chi connectivity index (χ0) is 14.2. The van der Waals surface area contributed by atoms with E-state index in [1.165, 1.54) is 16.9 Å². The van der Waals surface area contributed by atoms with Gasteiger partial charge in [0.15, 0.2) is 4.34 Å². The summed E-state index contributed by atoms with van der Waals surface area (Å²) in [6, 6.07) is 9.94. The smallest absolute Gasteiger partial charge is 0.321 e. The molecular formula is C13H16N4OS2. The zero-order valence-corrected chi connectivity index (χ0v) is 12.8. The monoisotopic (exact) mass is 308 g/mol. The summed E-state index contributed by atoms with van der Waals surface area (Å²) in [5, 5.41) is 13.9. The number of amides is 2. The third kappa shape index (κ3) is 4.82. The summed E-state index contributed by atoms with van der Waals surface area (Å²) in [7, 11) is 0. The van der Waals surface area contributed by atoms with Gasteiger partial charge in [-0.1, -0.05) is 60.4 Å². The Balaban J connectivity index is 1.81. The first-order valence-electron chi connectivity index (χ1n) is 6.33. The molecule has 5 nitrogen and oxygen atoms in total. The number of nitrogens with one attached hydrogen (secondary N) is 2. The fourth-order valence-corrected chi connectivity index (χ4v) is 3.12. The van der Waals surface area contributed by atoms with Crippen LogP contribution < -0.4 is 10.6 Å². The van der Waals surface area contributed by atoms with Crippen molar-refractivity contribution in [3.8, 4) is 0 Å². The number of anilines is 1. The van der Waals surface area contributed by atoms with Crippen LogP contribution in [-0.4, -0.2) is 22.8 Å². The molecule has 0 atom stereocenters. The highest BCUT2D eigenvalue weighted by atomic mass is 32.2. The van der Waals surface area contributed by atoms with E-state index < -0.39 is 0 Å². The number of rotatable bonds is 6. The van der Waals surface area contributed by atoms with Crippen LogP contribution in [0.1, 0.15) is 18.9 Å². The third-order valence-electron chi connectivity index (χ3n) is 2.37. The third-order valence-corrected chi connectivity index (χ3v) is 4.41. The first-order valence-corrected chi connectivity index (χ1v) is 8.13. The summed E-state index contributed by atoms with van der Waals surface area (Å²) in [6.45, 7) is 2.66. The standard InChI is InChI=1S/C13H16N4OS2/c1-2-8-14-11(18)15-12-16-17-13(20-12)19-9-10-6-4-3-5-7-10/h3-7H,2,8-9H2,1H3,(H2,14,15,16,18). The van der Waals surface area contributed by atoms with E-state index in [0.29, 0.717) is 11.7 Å². The molecule has 0 unspecified atom stereocenters. The number of carbonyl (C=O) groups is 1. The van der Waals surface area contributed by atoms with Gasteiger partial charge in [0, 0.05) is 12.3 Å². The molecule has 0 aliphatic rings. The minimum Gasteiger partial charge on any atom is -0.338 e. The van der Waals surface area contributed by atoms with Crippen LogP contribution in [0.5, 0.6) is 0 Å². The number of carbonyl (C=O) groups excluding carboxylic acids is 1. The summed E-state index contributed by atoms with van der Waals surface area (Å²) in [5.74, 6) is 0.845. The lowest BCUT2D eigenvalue weighted by Gasteiger charge is -2.01. The summed E-state index contributed by atoms with van der Waals surface area (Å²) < 4.78 is 0.847. The molecule has 1 aromatic carbocycles. The highest BCUT2D eigenvalue weighted by molar-refractivity contribution is 8.00. The molecule has 0 radical (unpaired) electrons. The number of hydrogen-bond donors (Lipinski definition) is 2. The number of aromatic nitrogens is 2. The first kappa shape index (κ1) is 14.8. The van der Waals surface area contributed by atoms with Gasteiger partial charge in [-0.05, 0) is 12.0 Å². The van der Waals surface area contributed by atoms with Crippen molar-refractivity contribution in [3.63, 3.8) is 0 Å². The molecule has 0 saturated heterocycles. The second kappa shape index (κ2) is 7.86. The van der Waals surface area contributed by atoms with E-state index in [1.807, 2.05) is 25.1 Å². The summed E-state index contributed by atoms with van der Waals surface area (Å²) in [5.41, 5.74) is 1.24. The maximum absolute atomic E-state index is 11.5. The molecule has 2 rings (SSSR count). The van der Waals surface area contributed by atoms with E-state index >= 15 is 0 Å². The Bertz CT molecular complexity index is 544. The van der Waals surface area contributed by atoms with E-state index in [1.54, 1.807) is 11.8 Å². The Morgan fingerprint density at radius 3 is 2.85 bits per heavy atom. The Morgan fingerprint density at radius 1 is 1.30 bits per heavy atom. The van der Waals surface area contributed by atoms with Crippen LogP contribution in [0.3, 0.4) is 0 Å². The summed E-state index contributed by atoms with van der Waals surface area (Å²) in [6.07, 6.45) is 0.904. The van der Waals surface area contributed by atoms with Gasteiger partial charge < -0.3 is 5.32 Å². The van der Waals surface area contributed by atoms with E-state index in [9.17, 15) is 4.79 Å². The van der Waals surface area contributed by atoms with Crippen molar-refractivity contribution in [2.45, 2.75) is 23.4 Å². The van der Waals surface area contributed by atoms with Crippen molar-refractivity contribution < 1.29 is 4.79 Å². The molecule has 0 aliphatic carbocycles. The van der Waals surface area contributed by atoms with Crippen molar-refractivity contribution >= 4 is 34.3 Å². The maximum atomic E-state index is 11.5. The lowest BCUT2D eigenvalue weighted by molar-refractivity contribution is 0.252. The quantitative estimate of drug-likeness (QED) is 0.634. The van der Waals surface area contributed by atoms with Crippen LogP contribution in [0, 0.1) is 0 Å². The highest BCUT2D eigenvalue weighted by Gasteiger charge is 2.08.